The van der Waals surface area contributed by atoms with Crippen molar-refractivity contribution in [2.75, 3.05) is 17.1 Å². The van der Waals surface area contributed by atoms with Gasteiger partial charge in [0.25, 0.3) is 15.9 Å². The molecular weight excluding hydrogens is 431 g/mol. The highest BCUT2D eigenvalue weighted by Crippen LogP contribution is 2.28. The van der Waals surface area contributed by atoms with E-state index in [4.69, 9.17) is 16.3 Å². The van der Waals surface area contributed by atoms with Crippen LogP contribution >= 0.6 is 11.6 Å². The smallest absolute Gasteiger partial charge is 0.262 e. The molecule has 0 atom stereocenters. The van der Waals surface area contributed by atoms with Crippen molar-refractivity contribution >= 4 is 38.9 Å². The van der Waals surface area contributed by atoms with E-state index in [1.54, 1.807) is 19.1 Å². The summed E-state index contributed by atoms with van der Waals surface area (Å²) in [6.45, 7) is 1.61. The second kappa shape index (κ2) is 8.73. The van der Waals surface area contributed by atoms with E-state index in [1.807, 2.05) is 0 Å². The van der Waals surface area contributed by atoms with Crippen molar-refractivity contribution < 1.29 is 22.3 Å². The molecule has 6 nitrogen and oxygen atoms in total. The van der Waals surface area contributed by atoms with Crippen molar-refractivity contribution in [3.8, 4) is 5.75 Å². The SMILES string of the molecule is COc1ccc(Cl)cc1NC(=O)c1ccc(C)c(S(=O)(=O)Nc2ccc(F)cc2)c1. The van der Waals surface area contributed by atoms with Crippen LogP contribution in [0.2, 0.25) is 5.02 Å². The maximum absolute atomic E-state index is 13.1. The van der Waals surface area contributed by atoms with E-state index in [9.17, 15) is 17.6 Å². The third-order valence-electron chi connectivity index (χ3n) is 4.25. The summed E-state index contributed by atoms with van der Waals surface area (Å²) in [6.07, 6.45) is 0. The van der Waals surface area contributed by atoms with Crippen LogP contribution < -0.4 is 14.8 Å². The number of sulfonamides is 1. The van der Waals surface area contributed by atoms with Crippen molar-refractivity contribution in [2.24, 2.45) is 0 Å². The van der Waals surface area contributed by atoms with Gasteiger partial charge < -0.3 is 10.1 Å². The molecule has 0 unspecified atom stereocenters. The predicted octanol–water partition coefficient (Wildman–Crippen LogP) is 4.85. The molecule has 3 aromatic carbocycles. The van der Waals surface area contributed by atoms with E-state index in [-0.39, 0.29) is 16.1 Å². The second-order valence-corrected chi connectivity index (χ2v) is 8.48. The van der Waals surface area contributed by atoms with Crippen LogP contribution in [0.1, 0.15) is 15.9 Å². The molecule has 30 heavy (non-hydrogen) atoms. The zero-order valence-corrected chi connectivity index (χ0v) is 17.6. The monoisotopic (exact) mass is 448 g/mol. The maximum Gasteiger partial charge on any atom is 0.262 e. The summed E-state index contributed by atoms with van der Waals surface area (Å²) in [5, 5.41) is 3.07. The molecule has 3 rings (SSSR count). The number of benzene rings is 3. The number of aryl methyl sites for hydroxylation is 1. The number of hydrogen-bond donors (Lipinski definition) is 2. The summed E-state index contributed by atoms with van der Waals surface area (Å²) in [5.74, 6) is -0.608. The highest BCUT2D eigenvalue weighted by atomic mass is 35.5. The quantitative estimate of drug-likeness (QED) is 0.564. The van der Waals surface area contributed by atoms with Gasteiger partial charge in [0.05, 0.1) is 17.7 Å². The first-order chi connectivity index (χ1) is 14.2. The molecule has 0 saturated carbocycles. The molecule has 9 heteroatoms. The van der Waals surface area contributed by atoms with Gasteiger partial charge in [0.2, 0.25) is 0 Å². The van der Waals surface area contributed by atoms with Crippen LogP contribution in [0.25, 0.3) is 0 Å². The molecule has 0 fully saturated rings. The molecule has 3 aromatic rings. The topological polar surface area (TPSA) is 84.5 Å². The standard InChI is InChI=1S/C21H18ClFN2O4S/c1-13-3-4-14(21(26)24-18-12-15(22)5-10-19(18)29-2)11-20(13)30(27,28)25-17-8-6-16(23)7-9-17/h3-12,25H,1-2H3,(H,24,26). The first-order valence-corrected chi connectivity index (χ1v) is 10.6. The lowest BCUT2D eigenvalue weighted by Crippen LogP contribution is -2.17. The number of amides is 1. The van der Waals surface area contributed by atoms with E-state index in [1.165, 1.54) is 43.5 Å². The predicted molar refractivity (Wildman–Crippen MR) is 114 cm³/mol. The van der Waals surface area contributed by atoms with Crippen LogP contribution in [-0.4, -0.2) is 21.4 Å². The van der Waals surface area contributed by atoms with Gasteiger partial charge in [0.1, 0.15) is 11.6 Å². The number of carbonyl (C=O) groups is 1. The summed E-state index contributed by atoms with van der Waals surface area (Å²) in [4.78, 5) is 12.6. The Kier molecular flexibility index (Phi) is 6.28. The first-order valence-electron chi connectivity index (χ1n) is 8.73. The summed E-state index contributed by atoms with van der Waals surface area (Å²) in [6, 6.07) is 14.0. The van der Waals surface area contributed by atoms with Crippen molar-refractivity contribution in [1.29, 1.82) is 0 Å². The highest BCUT2D eigenvalue weighted by Gasteiger charge is 2.20. The Hall–Kier alpha value is -3.10. The Bertz CT molecular complexity index is 1200. The molecule has 0 aliphatic heterocycles. The molecule has 1 amide bonds. The molecule has 0 bridgehead atoms. The van der Waals surface area contributed by atoms with Crippen LogP contribution in [0.15, 0.2) is 65.6 Å². The van der Waals surface area contributed by atoms with E-state index in [2.05, 4.69) is 10.0 Å². The molecular formula is C21H18ClFN2O4S. The number of carbonyl (C=O) groups excluding carboxylic acids is 1. The minimum atomic E-state index is -4.00. The number of methoxy groups -OCH3 is 1. The van der Waals surface area contributed by atoms with Gasteiger partial charge in [0, 0.05) is 16.3 Å². The van der Waals surface area contributed by atoms with Gasteiger partial charge in [-0.1, -0.05) is 17.7 Å². The molecule has 0 heterocycles. The van der Waals surface area contributed by atoms with Crippen LogP contribution in [0, 0.1) is 12.7 Å². The number of nitrogens with one attached hydrogen (secondary N) is 2. The third-order valence-corrected chi connectivity index (χ3v) is 6.00. The summed E-state index contributed by atoms with van der Waals surface area (Å²) in [7, 11) is -2.55. The van der Waals surface area contributed by atoms with Crippen LogP contribution in [0.3, 0.4) is 0 Å². The van der Waals surface area contributed by atoms with Gasteiger partial charge in [-0.3, -0.25) is 9.52 Å². The molecule has 0 saturated heterocycles. The third kappa shape index (κ3) is 4.90. The Balaban J connectivity index is 1.90. The molecule has 0 aliphatic rings. The Morgan fingerprint density at radius 1 is 1.03 bits per heavy atom. The minimum Gasteiger partial charge on any atom is -0.495 e. The molecule has 0 radical (unpaired) electrons. The molecule has 0 aromatic heterocycles. The summed E-state index contributed by atoms with van der Waals surface area (Å²) in [5.41, 5.74) is 1.13. The van der Waals surface area contributed by atoms with E-state index >= 15 is 0 Å². The van der Waals surface area contributed by atoms with E-state index in [0.29, 0.717) is 22.0 Å². The lowest BCUT2D eigenvalue weighted by molar-refractivity contribution is 0.102. The Morgan fingerprint density at radius 3 is 2.40 bits per heavy atom. The number of anilines is 2. The molecule has 156 valence electrons. The minimum absolute atomic E-state index is 0.0717. The lowest BCUT2D eigenvalue weighted by atomic mass is 10.1. The van der Waals surface area contributed by atoms with Gasteiger partial charge in [-0.2, -0.15) is 0 Å². The number of rotatable bonds is 6. The maximum atomic E-state index is 13.1. The van der Waals surface area contributed by atoms with Gasteiger partial charge in [0.15, 0.2) is 0 Å². The van der Waals surface area contributed by atoms with E-state index < -0.39 is 21.7 Å². The van der Waals surface area contributed by atoms with Crippen molar-refractivity contribution in [3.05, 3.63) is 82.6 Å². The fraction of sp³-hybridized carbons (Fsp3) is 0.0952. The number of ether oxygens (including phenoxy) is 1. The van der Waals surface area contributed by atoms with Crippen molar-refractivity contribution in [1.82, 2.24) is 0 Å². The average Bonchev–Trinajstić information content (AvgIpc) is 2.70. The fourth-order valence-corrected chi connectivity index (χ4v) is 4.23. The Labute approximate surface area is 178 Å². The normalized spacial score (nSPS) is 11.1. The zero-order valence-electron chi connectivity index (χ0n) is 16.1. The molecule has 0 spiro atoms. The number of halogens is 2. The molecule has 2 N–H and O–H groups in total. The van der Waals surface area contributed by atoms with Crippen LogP contribution in [0.4, 0.5) is 15.8 Å². The van der Waals surface area contributed by atoms with Crippen molar-refractivity contribution in [3.63, 3.8) is 0 Å². The zero-order chi connectivity index (χ0) is 21.9. The fourth-order valence-electron chi connectivity index (χ4n) is 2.73. The van der Waals surface area contributed by atoms with Crippen LogP contribution in [-0.2, 0) is 10.0 Å². The summed E-state index contributed by atoms with van der Waals surface area (Å²) < 4.78 is 46.3. The van der Waals surface area contributed by atoms with Crippen LogP contribution in [0.5, 0.6) is 5.75 Å². The van der Waals surface area contributed by atoms with Crippen molar-refractivity contribution in [2.45, 2.75) is 11.8 Å². The van der Waals surface area contributed by atoms with Gasteiger partial charge in [-0.05, 0) is 67.1 Å². The lowest BCUT2D eigenvalue weighted by Gasteiger charge is -2.13. The second-order valence-electron chi connectivity index (χ2n) is 6.39. The Morgan fingerprint density at radius 2 is 1.73 bits per heavy atom. The summed E-state index contributed by atoms with van der Waals surface area (Å²) >= 11 is 5.98. The molecule has 0 aliphatic carbocycles. The van der Waals surface area contributed by atoms with Gasteiger partial charge in [-0.15, -0.1) is 0 Å². The highest BCUT2D eigenvalue weighted by molar-refractivity contribution is 7.92. The first kappa shape index (κ1) is 21.6. The van der Waals surface area contributed by atoms with Gasteiger partial charge >= 0.3 is 0 Å². The average molecular weight is 449 g/mol. The van der Waals surface area contributed by atoms with Gasteiger partial charge in [-0.25, -0.2) is 12.8 Å². The largest absolute Gasteiger partial charge is 0.495 e. The van der Waals surface area contributed by atoms with E-state index in [0.717, 1.165) is 12.1 Å². The number of hydrogen-bond acceptors (Lipinski definition) is 4.